The minimum Gasteiger partial charge on any atom is -0.484 e. The Balaban J connectivity index is 1.50. The SMILES string of the molecule is CCc1cccc(NC(=O)COc2ccc(NC(=O)c3ccccc3)cc2)c1. The molecule has 5 heteroatoms. The number of hydrogen-bond donors (Lipinski definition) is 2. The van der Waals surface area contributed by atoms with E-state index in [-0.39, 0.29) is 18.4 Å². The monoisotopic (exact) mass is 374 g/mol. The second-order valence-electron chi connectivity index (χ2n) is 6.24. The van der Waals surface area contributed by atoms with Gasteiger partial charge in [-0.05, 0) is 60.5 Å². The number of carbonyl (C=O) groups excluding carboxylic acids is 2. The van der Waals surface area contributed by atoms with Crippen LogP contribution in [-0.4, -0.2) is 18.4 Å². The average Bonchev–Trinajstić information content (AvgIpc) is 2.74. The Kier molecular flexibility index (Phi) is 6.41. The van der Waals surface area contributed by atoms with Gasteiger partial charge in [0.05, 0.1) is 0 Å². The summed E-state index contributed by atoms with van der Waals surface area (Å²) < 4.78 is 5.52. The molecule has 0 bridgehead atoms. The van der Waals surface area contributed by atoms with Gasteiger partial charge in [0.25, 0.3) is 11.8 Å². The van der Waals surface area contributed by atoms with Gasteiger partial charge in [-0.15, -0.1) is 0 Å². The van der Waals surface area contributed by atoms with Crippen molar-refractivity contribution in [2.45, 2.75) is 13.3 Å². The molecule has 0 aromatic heterocycles. The summed E-state index contributed by atoms with van der Waals surface area (Å²) in [5.74, 6) is 0.146. The maximum atomic E-state index is 12.1. The lowest BCUT2D eigenvalue weighted by Gasteiger charge is -2.09. The molecule has 3 rings (SSSR count). The number of nitrogens with one attached hydrogen (secondary N) is 2. The fourth-order valence-electron chi connectivity index (χ4n) is 2.64. The van der Waals surface area contributed by atoms with E-state index in [0.717, 1.165) is 17.7 Å². The number of aryl methyl sites for hydroxylation is 1. The zero-order valence-corrected chi connectivity index (χ0v) is 15.6. The normalized spacial score (nSPS) is 10.2. The van der Waals surface area contributed by atoms with Crippen LogP contribution < -0.4 is 15.4 Å². The molecule has 0 unspecified atom stereocenters. The van der Waals surface area contributed by atoms with Gasteiger partial charge < -0.3 is 15.4 Å². The molecule has 28 heavy (non-hydrogen) atoms. The topological polar surface area (TPSA) is 67.4 Å². The molecule has 0 aliphatic rings. The van der Waals surface area contributed by atoms with Crippen LogP contribution in [0.2, 0.25) is 0 Å². The summed E-state index contributed by atoms with van der Waals surface area (Å²) in [5, 5.41) is 5.64. The first-order valence-corrected chi connectivity index (χ1v) is 9.12. The fourth-order valence-corrected chi connectivity index (χ4v) is 2.64. The summed E-state index contributed by atoms with van der Waals surface area (Å²) in [5.41, 5.74) is 3.16. The molecule has 0 spiro atoms. The average molecular weight is 374 g/mol. The summed E-state index contributed by atoms with van der Waals surface area (Å²) in [6.07, 6.45) is 0.910. The second-order valence-corrected chi connectivity index (χ2v) is 6.24. The van der Waals surface area contributed by atoms with Crippen LogP contribution in [0, 0.1) is 0 Å². The van der Waals surface area contributed by atoms with E-state index in [9.17, 15) is 9.59 Å². The number of anilines is 2. The van der Waals surface area contributed by atoms with E-state index in [0.29, 0.717) is 17.0 Å². The van der Waals surface area contributed by atoms with Crippen molar-refractivity contribution in [2.75, 3.05) is 17.2 Å². The molecule has 2 N–H and O–H groups in total. The first-order chi connectivity index (χ1) is 13.6. The van der Waals surface area contributed by atoms with E-state index in [2.05, 4.69) is 17.6 Å². The van der Waals surface area contributed by atoms with Crippen molar-refractivity contribution in [2.24, 2.45) is 0 Å². The van der Waals surface area contributed by atoms with Gasteiger partial charge in [0.1, 0.15) is 5.75 Å². The van der Waals surface area contributed by atoms with Crippen LogP contribution in [0.3, 0.4) is 0 Å². The molecular formula is C23H22N2O3. The van der Waals surface area contributed by atoms with Gasteiger partial charge in [0.15, 0.2) is 6.61 Å². The van der Waals surface area contributed by atoms with Crippen molar-refractivity contribution in [1.82, 2.24) is 0 Å². The zero-order valence-electron chi connectivity index (χ0n) is 15.6. The zero-order chi connectivity index (χ0) is 19.8. The molecule has 0 atom stereocenters. The molecule has 3 aromatic rings. The van der Waals surface area contributed by atoms with Gasteiger partial charge in [0, 0.05) is 16.9 Å². The first-order valence-electron chi connectivity index (χ1n) is 9.12. The molecule has 0 saturated carbocycles. The lowest BCUT2D eigenvalue weighted by atomic mass is 10.1. The standard InChI is InChI=1S/C23H22N2O3/c1-2-17-7-6-10-20(15-17)24-22(26)16-28-21-13-11-19(12-14-21)25-23(27)18-8-4-3-5-9-18/h3-15H,2,16H2,1H3,(H,24,26)(H,25,27). The Morgan fingerprint density at radius 2 is 1.57 bits per heavy atom. The number of amides is 2. The first kappa shape index (κ1) is 19.2. The highest BCUT2D eigenvalue weighted by molar-refractivity contribution is 6.04. The van der Waals surface area contributed by atoms with Crippen LogP contribution >= 0.6 is 0 Å². The molecular weight excluding hydrogens is 352 g/mol. The van der Waals surface area contributed by atoms with Gasteiger partial charge in [-0.25, -0.2) is 0 Å². The summed E-state index contributed by atoms with van der Waals surface area (Å²) in [6, 6.07) is 23.6. The number of rotatable bonds is 7. The van der Waals surface area contributed by atoms with E-state index in [1.54, 1.807) is 36.4 Å². The van der Waals surface area contributed by atoms with Gasteiger partial charge in [-0.3, -0.25) is 9.59 Å². The van der Waals surface area contributed by atoms with Crippen LogP contribution in [0.4, 0.5) is 11.4 Å². The van der Waals surface area contributed by atoms with Gasteiger partial charge >= 0.3 is 0 Å². The van der Waals surface area contributed by atoms with Crippen molar-refractivity contribution in [3.63, 3.8) is 0 Å². The van der Waals surface area contributed by atoms with Gasteiger partial charge in [-0.1, -0.05) is 37.3 Å². The largest absolute Gasteiger partial charge is 0.484 e. The summed E-state index contributed by atoms with van der Waals surface area (Å²) in [4.78, 5) is 24.2. The van der Waals surface area contributed by atoms with Crippen LogP contribution in [0.5, 0.6) is 5.75 Å². The number of ether oxygens (including phenoxy) is 1. The third-order valence-electron chi connectivity index (χ3n) is 4.14. The maximum absolute atomic E-state index is 12.1. The highest BCUT2D eigenvalue weighted by Crippen LogP contribution is 2.17. The lowest BCUT2D eigenvalue weighted by molar-refractivity contribution is -0.118. The molecule has 5 nitrogen and oxygen atoms in total. The van der Waals surface area contributed by atoms with Crippen molar-refractivity contribution in [3.05, 3.63) is 90.0 Å². The fraction of sp³-hybridized carbons (Fsp3) is 0.130. The molecule has 2 amide bonds. The molecule has 142 valence electrons. The highest BCUT2D eigenvalue weighted by Gasteiger charge is 2.07. The van der Waals surface area contributed by atoms with E-state index >= 15 is 0 Å². The predicted octanol–water partition coefficient (Wildman–Crippen LogP) is 4.52. The smallest absolute Gasteiger partial charge is 0.262 e. The minimum atomic E-state index is -0.227. The quantitative estimate of drug-likeness (QED) is 0.639. The van der Waals surface area contributed by atoms with Crippen LogP contribution in [0.1, 0.15) is 22.8 Å². The molecule has 3 aromatic carbocycles. The van der Waals surface area contributed by atoms with E-state index in [1.165, 1.54) is 0 Å². The molecule has 0 aliphatic heterocycles. The number of hydrogen-bond acceptors (Lipinski definition) is 3. The minimum absolute atomic E-state index is 0.0912. The highest BCUT2D eigenvalue weighted by atomic mass is 16.5. The van der Waals surface area contributed by atoms with E-state index in [4.69, 9.17) is 4.74 Å². The van der Waals surface area contributed by atoms with Crippen molar-refractivity contribution < 1.29 is 14.3 Å². The Hall–Kier alpha value is -3.60. The van der Waals surface area contributed by atoms with E-state index in [1.807, 2.05) is 42.5 Å². The Morgan fingerprint density at radius 1 is 0.821 bits per heavy atom. The molecule has 0 radical (unpaired) electrons. The molecule has 0 aliphatic carbocycles. The van der Waals surface area contributed by atoms with E-state index < -0.39 is 0 Å². The molecule has 0 heterocycles. The molecule has 0 saturated heterocycles. The third kappa shape index (κ3) is 5.45. The second kappa shape index (κ2) is 9.37. The van der Waals surface area contributed by atoms with Crippen LogP contribution in [0.15, 0.2) is 78.9 Å². The maximum Gasteiger partial charge on any atom is 0.262 e. The Morgan fingerprint density at radius 3 is 2.29 bits per heavy atom. The van der Waals surface area contributed by atoms with Crippen molar-refractivity contribution >= 4 is 23.2 Å². The Bertz CT molecular complexity index is 938. The predicted molar refractivity (Wildman–Crippen MR) is 111 cm³/mol. The van der Waals surface area contributed by atoms with Gasteiger partial charge in [0.2, 0.25) is 0 Å². The van der Waals surface area contributed by atoms with Crippen molar-refractivity contribution in [3.8, 4) is 5.75 Å². The number of benzene rings is 3. The summed E-state index contributed by atoms with van der Waals surface area (Å²) in [7, 11) is 0. The van der Waals surface area contributed by atoms with Crippen LogP contribution in [-0.2, 0) is 11.2 Å². The van der Waals surface area contributed by atoms with Gasteiger partial charge in [-0.2, -0.15) is 0 Å². The molecule has 0 fully saturated rings. The number of carbonyl (C=O) groups is 2. The summed E-state index contributed by atoms with van der Waals surface area (Å²) in [6.45, 7) is 1.97. The summed E-state index contributed by atoms with van der Waals surface area (Å²) >= 11 is 0. The van der Waals surface area contributed by atoms with Crippen LogP contribution in [0.25, 0.3) is 0 Å². The Labute approximate surface area is 164 Å². The lowest BCUT2D eigenvalue weighted by Crippen LogP contribution is -2.20. The van der Waals surface area contributed by atoms with Crippen molar-refractivity contribution in [1.29, 1.82) is 0 Å². The third-order valence-corrected chi connectivity index (χ3v) is 4.14.